The number of carboxylic acid groups (broad SMARTS) is 1. The van der Waals surface area contributed by atoms with Crippen LogP contribution in [0.4, 0.5) is 10.1 Å². The van der Waals surface area contributed by atoms with Crippen molar-refractivity contribution in [2.45, 2.75) is 44.8 Å². The van der Waals surface area contributed by atoms with Crippen molar-refractivity contribution in [1.82, 2.24) is 14.8 Å². The minimum atomic E-state index is -1.35. The second-order valence-corrected chi connectivity index (χ2v) is 9.52. The SMILES string of the molecule is COC(=O)[C@@H](C)NC(=S)N1CCN(c2c(F)cc3c(=O)c(C(=O)O)cn(C4CC4)c3c2OC)C[C@@H]1C. The zero-order valence-electron chi connectivity index (χ0n) is 20.5. The Morgan fingerprint density at radius 3 is 2.53 bits per heavy atom. The van der Waals surface area contributed by atoms with Gasteiger partial charge in [-0.25, -0.2) is 14.0 Å². The number of fused-ring (bicyclic) bond motifs is 1. The highest BCUT2D eigenvalue weighted by Crippen LogP contribution is 2.44. The summed E-state index contributed by atoms with van der Waals surface area (Å²) < 4.78 is 27.7. The van der Waals surface area contributed by atoms with Crippen molar-refractivity contribution in [2.75, 3.05) is 38.8 Å². The van der Waals surface area contributed by atoms with E-state index in [9.17, 15) is 19.5 Å². The van der Waals surface area contributed by atoms with Crippen molar-refractivity contribution in [3.05, 3.63) is 33.9 Å². The molecule has 0 amide bonds. The number of carboxylic acids is 1. The first-order valence-electron chi connectivity index (χ1n) is 11.7. The first-order valence-corrected chi connectivity index (χ1v) is 12.1. The third kappa shape index (κ3) is 4.57. The van der Waals surface area contributed by atoms with Gasteiger partial charge in [0, 0.05) is 37.9 Å². The number of anilines is 1. The zero-order chi connectivity index (χ0) is 26.3. The number of carbonyl (C=O) groups excluding carboxylic acids is 1. The minimum Gasteiger partial charge on any atom is -0.492 e. The molecular formula is C24H29FN4O6S. The molecule has 2 N–H and O–H groups in total. The molecule has 0 spiro atoms. The Hall–Kier alpha value is -3.41. The average Bonchev–Trinajstić information content (AvgIpc) is 3.68. The number of aromatic carboxylic acids is 1. The molecule has 1 aliphatic carbocycles. The molecule has 1 aromatic heterocycles. The number of hydrogen-bond donors (Lipinski definition) is 2. The summed E-state index contributed by atoms with van der Waals surface area (Å²) in [6.45, 7) is 4.85. The summed E-state index contributed by atoms with van der Waals surface area (Å²) >= 11 is 5.49. The van der Waals surface area contributed by atoms with Crippen LogP contribution in [-0.4, -0.2) is 77.6 Å². The number of nitrogens with one attached hydrogen (secondary N) is 1. The van der Waals surface area contributed by atoms with E-state index in [1.807, 2.05) is 16.7 Å². The molecule has 2 heterocycles. The molecule has 1 saturated carbocycles. The summed E-state index contributed by atoms with van der Waals surface area (Å²) in [5.41, 5.74) is -0.527. The van der Waals surface area contributed by atoms with Gasteiger partial charge in [-0.15, -0.1) is 0 Å². The minimum absolute atomic E-state index is 0.0197. The molecule has 4 rings (SSSR count). The van der Waals surface area contributed by atoms with Crippen molar-refractivity contribution >= 4 is 45.9 Å². The van der Waals surface area contributed by atoms with E-state index >= 15 is 4.39 Å². The predicted molar refractivity (Wildman–Crippen MR) is 136 cm³/mol. The van der Waals surface area contributed by atoms with Gasteiger partial charge in [-0.2, -0.15) is 0 Å². The van der Waals surface area contributed by atoms with Crippen LogP contribution in [0.3, 0.4) is 0 Å². The van der Waals surface area contributed by atoms with Crippen molar-refractivity contribution in [3.63, 3.8) is 0 Å². The number of pyridine rings is 1. The first-order chi connectivity index (χ1) is 17.1. The van der Waals surface area contributed by atoms with E-state index in [4.69, 9.17) is 21.7 Å². The molecule has 1 aromatic carbocycles. The van der Waals surface area contributed by atoms with Gasteiger partial charge in [0.2, 0.25) is 5.43 Å². The summed E-state index contributed by atoms with van der Waals surface area (Å²) in [5, 5.41) is 12.9. The largest absolute Gasteiger partial charge is 0.492 e. The first kappa shape index (κ1) is 25.7. The molecule has 1 saturated heterocycles. The molecule has 10 nitrogen and oxygen atoms in total. The summed E-state index contributed by atoms with van der Waals surface area (Å²) in [7, 11) is 2.72. The molecule has 1 aliphatic heterocycles. The van der Waals surface area contributed by atoms with Crippen LogP contribution >= 0.6 is 12.2 Å². The molecule has 36 heavy (non-hydrogen) atoms. The molecule has 2 atom stereocenters. The molecular weight excluding hydrogens is 491 g/mol. The molecule has 0 bridgehead atoms. The van der Waals surface area contributed by atoms with Crippen LogP contribution in [0.25, 0.3) is 10.9 Å². The topological polar surface area (TPSA) is 113 Å². The molecule has 2 fully saturated rings. The lowest BCUT2D eigenvalue weighted by atomic mass is 10.1. The fraction of sp³-hybridized carbons (Fsp3) is 0.500. The second-order valence-electron chi connectivity index (χ2n) is 9.13. The highest BCUT2D eigenvalue weighted by Gasteiger charge is 2.34. The normalized spacial score (nSPS) is 18.6. The van der Waals surface area contributed by atoms with Crippen LogP contribution in [0.2, 0.25) is 0 Å². The second kappa shape index (κ2) is 9.92. The highest BCUT2D eigenvalue weighted by atomic mass is 32.1. The summed E-state index contributed by atoms with van der Waals surface area (Å²) in [5.74, 6) is -2.25. The van der Waals surface area contributed by atoms with E-state index in [0.717, 1.165) is 18.9 Å². The van der Waals surface area contributed by atoms with E-state index in [-0.39, 0.29) is 28.9 Å². The Labute approximate surface area is 212 Å². The smallest absolute Gasteiger partial charge is 0.341 e. The van der Waals surface area contributed by atoms with Gasteiger partial charge in [0.15, 0.2) is 16.7 Å². The van der Waals surface area contributed by atoms with Crippen LogP contribution in [0, 0.1) is 5.82 Å². The quantitative estimate of drug-likeness (QED) is 0.434. The number of halogens is 1. The fourth-order valence-electron chi connectivity index (χ4n) is 4.69. The predicted octanol–water partition coefficient (Wildman–Crippen LogP) is 2.13. The Kier molecular flexibility index (Phi) is 7.07. The number of methoxy groups -OCH3 is 2. The van der Waals surface area contributed by atoms with Crippen LogP contribution in [-0.2, 0) is 9.53 Å². The lowest BCUT2D eigenvalue weighted by Crippen LogP contribution is -2.58. The van der Waals surface area contributed by atoms with E-state index in [1.165, 1.54) is 20.4 Å². The number of aromatic nitrogens is 1. The maximum Gasteiger partial charge on any atom is 0.341 e. The lowest BCUT2D eigenvalue weighted by molar-refractivity contribution is -0.142. The van der Waals surface area contributed by atoms with Gasteiger partial charge in [0.25, 0.3) is 0 Å². The van der Waals surface area contributed by atoms with E-state index in [2.05, 4.69) is 5.32 Å². The number of thiocarbonyl (C=S) groups is 1. The average molecular weight is 521 g/mol. The fourth-order valence-corrected chi connectivity index (χ4v) is 5.14. The monoisotopic (exact) mass is 520 g/mol. The summed E-state index contributed by atoms with van der Waals surface area (Å²) in [4.78, 5) is 40.1. The van der Waals surface area contributed by atoms with E-state index < -0.39 is 34.8 Å². The molecule has 194 valence electrons. The number of piperazine rings is 1. The third-order valence-electron chi connectivity index (χ3n) is 6.67. The number of rotatable bonds is 6. The van der Waals surface area contributed by atoms with Crippen LogP contribution in [0.15, 0.2) is 17.1 Å². The van der Waals surface area contributed by atoms with Gasteiger partial charge in [0.05, 0.1) is 25.1 Å². The van der Waals surface area contributed by atoms with Crippen LogP contribution < -0.4 is 20.4 Å². The molecule has 2 aromatic rings. The van der Waals surface area contributed by atoms with Crippen molar-refractivity contribution in [2.24, 2.45) is 0 Å². The van der Waals surface area contributed by atoms with Gasteiger partial charge in [-0.1, -0.05) is 0 Å². The van der Waals surface area contributed by atoms with Crippen molar-refractivity contribution in [3.8, 4) is 5.75 Å². The maximum absolute atomic E-state index is 15.6. The van der Waals surface area contributed by atoms with Crippen LogP contribution in [0.1, 0.15) is 43.1 Å². The van der Waals surface area contributed by atoms with Gasteiger partial charge < -0.3 is 34.3 Å². The number of benzene rings is 1. The highest BCUT2D eigenvalue weighted by molar-refractivity contribution is 7.80. The number of carbonyl (C=O) groups is 2. The van der Waals surface area contributed by atoms with Gasteiger partial charge in [-0.05, 0) is 45.0 Å². The molecule has 0 unspecified atom stereocenters. The Morgan fingerprint density at radius 1 is 1.28 bits per heavy atom. The zero-order valence-corrected chi connectivity index (χ0v) is 21.4. The summed E-state index contributed by atoms with van der Waals surface area (Å²) in [6, 6.07) is 0.390. The maximum atomic E-state index is 15.6. The Morgan fingerprint density at radius 2 is 1.97 bits per heavy atom. The van der Waals surface area contributed by atoms with E-state index in [0.29, 0.717) is 30.3 Å². The van der Waals surface area contributed by atoms with Crippen LogP contribution in [0.5, 0.6) is 5.75 Å². The standard InChI is InChI=1S/C24H29FN4O6S/c1-12-10-27(7-8-28(12)24(36)26-13(2)23(33)35-4)19-17(25)9-15-18(21(19)34-3)29(14-5-6-14)11-16(20(15)30)22(31)32/h9,11-14H,5-8,10H2,1-4H3,(H,26,36)(H,31,32)/t12-,13+/m0/s1. The molecule has 2 aliphatic rings. The van der Waals surface area contributed by atoms with Gasteiger partial charge >= 0.3 is 11.9 Å². The van der Waals surface area contributed by atoms with Crippen molar-refractivity contribution in [1.29, 1.82) is 0 Å². The third-order valence-corrected chi connectivity index (χ3v) is 7.02. The Balaban J connectivity index is 1.70. The molecule has 12 heteroatoms. The lowest BCUT2D eigenvalue weighted by Gasteiger charge is -2.43. The van der Waals surface area contributed by atoms with E-state index in [1.54, 1.807) is 11.5 Å². The number of nitrogens with zero attached hydrogens (tertiary/aromatic N) is 3. The number of hydrogen-bond acceptors (Lipinski definition) is 7. The van der Waals surface area contributed by atoms with Crippen molar-refractivity contribution < 1.29 is 28.6 Å². The van der Waals surface area contributed by atoms with Gasteiger partial charge in [-0.3, -0.25) is 4.79 Å². The Bertz CT molecular complexity index is 1290. The summed E-state index contributed by atoms with van der Waals surface area (Å²) in [6.07, 6.45) is 3.00. The van der Waals surface area contributed by atoms with Gasteiger partial charge in [0.1, 0.15) is 17.3 Å². The number of esters is 1. The molecule has 0 radical (unpaired) electrons. The number of ether oxygens (including phenoxy) is 2.